The number of carbonyl (C=O) groups is 2. The van der Waals surface area contributed by atoms with E-state index in [0.717, 1.165) is 18.4 Å². The average Bonchev–Trinajstić information content (AvgIpc) is 2.42. The third-order valence-electron chi connectivity index (χ3n) is 4.51. The topological polar surface area (TPSA) is 58.2 Å². The Kier molecular flexibility index (Phi) is 5.49. The summed E-state index contributed by atoms with van der Waals surface area (Å²) in [6.45, 7) is 10.6. The molecule has 1 fully saturated rings. The fraction of sp³-hybridized carbons (Fsp3) is 0.600. The molecule has 4 heteroatoms. The monoisotopic (exact) mass is 330 g/mol. The van der Waals surface area contributed by atoms with Crippen molar-refractivity contribution in [2.45, 2.75) is 77.4 Å². The molecule has 0 aliphatic carbocycles. The van der Waals surface area contributed by atoms with Gasteiger partial charge in [-0.2, -0.15) is 0 Å². The minimum atomic E-state index is -0.0334. The van der Waals surface area contributed by atoms with Crippen molar-refractivity contribution in [2.75, 3.05) is 0 Å². The van der Waals surface area contributed by atoms with Crippen molar-refractivity contribution in [1.82, 2.24) is 10.6 Å². The van der Waals surface area contributed by atoms with Crippen LogP contribution in [0, 0.1) is 6.92 Å². The van der Waals surface area contributed by atoms with Crippen molar-refractivity contribution in [2.24, 2.45) is 0 Å². The maximum atomic E-state index is 12.2. The molecule has 0 radical (unpaired) electrons. The molecule has 4 nitrogen and oxygen atoms in total. The lowest BCUT2D eigenvalue weighted by molar-refractivity contribution is -0.122. The lowest BCUT2D eigenvalue weighted by Gasteiger charge is -2.46. The lowest BCUT2D eigenvalue weighted by Crippen LogP contribution is -2.62. The highest BCUT2D eigenvalue weighted by Gasteiger charge is 2.38. The van der Waals surface area contributed by atoms with Crippen molar-refractivity contribution < 1.29 is 9.59 Å². The zero-order valence-corrected chi connectivity index (χ0v) is 15.5. The molecule has 1 heterocycles. The summed E-state index contributed by atoms with van der Waals surface area (Å²) >= 11 is 0. The number of rotatable bonds is 5. The van der Waals surface area contributed by atoms with Crippen molar-refractivity contribution >= 4 is 11.7 Å². The lowest BCUT2D eigenvalue weighted by atomic mass is 9.79. The van der Waals surface area contributed by atoms with Gasteiger partial charge >= 0.3 is 0 Å². The van der Waals surface area contributed by atoms with Gasteiger partial charge in [-0.05, 0) is 47.5 Å². The minimum Gasteiger partial charge on any atom is -0.353 e. The Morgan fingerprint density at radius 2 is 1.58 bits per heavy atom. The fourth-order valence-electron chi connectivity index (χ4n) is 3.84. The first-order chi connectivity index (χ1) is 11.1. The Morgan fingerprint density at radius 1 is 1.04 bits per heavy atom. The number of nitrogens with one attached hydrogen (secondary N) is 2. The first kappa shape index (κ1) is 18.7. The number of aryl methyl sites for hydroxylation is 1. The van der Waals surface area contributed by atoms with Gasteiger partial charge in [-0.15, -0.1) is 0 Å². The maximum Gasteiger partial charge on any atom is 0.220 e. The molecule has 24 heavy (non-hydrogen) atoms. The molecule has 0 saturated carbocycles. The van der Waals surface area contributed by atoms with E-state index in [9.17, 15) is 9.59 Å². The van der Waals surface area contributed by atoms with Crippen LogP contribution in [0.25, 0.3) is 0 Å². The first-order valence-corrected chi connectivity index (χ1v) is 8.75. The maximum absolute atomic E-state index is 12.2. The Bertz CT molecular complexity index is 587. The van der Waals surface area contributed by atoms with Crippen LogP contribution in [0.2, 0.25) is 0 Å². The zero-order chi connectivity index (χ0) is 18.0. The van der Waals surface area contributed by atoms with Crippen molar-refractivity contribution in [1.29, 1.82) is 0 Å². The highest BCUT2D eigenvalue weighted by Crippen LogP contribution is 2.28. The van der Waals surface area contributed by atoms with E-state index in [0.29, 0.717) is 5.56 Å². The molecular weight excluding hydrogens is 300 g/mol. The van der Waals surface area contributed by atoms with E-state index >= 15 is 0 Å². The number of amides is 1. The second kappa shape index (κ2) is 7.06. The Morgan fingerprint density at radius 3 is 2.12 bits per heavy atom. The van der Waals surface area contributed by atoms with E-state index in [-0.39, 0.29) is 41.7 Å². The van der Waals surface area contributed by atoms with Crippen LogP contribution in [-0.2, 0) is 4.79 Å². The van der Waals surface area contributed by atoms with Gasteiger partial charge < -0.3 is 10.6 Å². The van der Waals surface area contributed by atoms with Crippen LogP contribution in [0.5, 0.6) is 0 Å². The van der Waals surface area contributed by atoms with Crippen molar-refractivity contribution in [3.05, 3.63) is 35.4 Å². The summed E-state index contributed by atoms with van der Waals surface area (Å²) < 4.78 is 0. The van der Waals surface area contributed by atoms with Gasteiger partial charge in [-0.25, -0.2) is 0 Å². The molecule has 0 unspecified atom stereocenters. The van der Waals surface area contributed by atoms with Gasteiger partial charge in [-0.1, -0.05) is 29.8 Å². The van der Waals surface area contributed by atoms with E-state index in [1.165, 1.54) is 0 Å². The molecule has 0 spiro atoms. The van der Waals surface area contributed by atoms with E-state index in [2.05, 4.69) is 38.3 Å². The van der Waals surface area contributed by atoms with Crippen LogP contribution >= 0.6 is 0 Å². The van der Waals surface area contributed by atoms with Gasteiger partial charge in [-0.3, -0.25) is 9.59 Å². The molecule has 2 N–H and O–H groups in total. The molecule has 1 aliphatic heterocycles. The van der Waals surface area contributed by atoms with Crippen molar-refractivity contribution in [3.8, 4) is 0 Å². The molecule has 2 rings (SSSR count). The van der Waals surface area contributed by atoms with Crippen LogP contribution in [0.1, 0.15) is 69.3 Å². The van der Waals surface area contributed by atoms with E-state index in [4.69, 9.17) is 0 Å². The van der Waals surface area contributed by atoms with Crippen LogP contribution in [-0.4, -0.2) is 28.8 Å². The first-order valence-electron chi connectivity index (χ1n) is 8.75. The molecular formula is C20H30N2O2. The molecule has 1 aliphatic rings. The van der Waals surface area contributed by atoms with Crippen LogP contribution in [0.15, 0.2) is 24.3 Å². The SMILES string of the molecule is Cc1ccc(C(=O)CCC(=O)NC2CC(C)(C)NC(C)(C)C2)cc1. The largest absolute Gasteiger partial charge is 0.353 e. The predicted octanol–water partition coefficient (Wildman–Crippen LogP) is 3.38. The zero-order valence-electron chi connectivity index (χ0n) is 15.5. The van der Waals surface area contributed by atoms with Gasteiger partial charge in [0.1, 0.15) is 0 Å². The number of benzene rings is 1. The number of piperidine rings is 1. The van der Waals surface area contributed by atoms with E-state index in [1.54, 1.807) is 0 Å². The predicted molar refractivity (Wildman–Crippen MR) is 97.2 cm³/mol. The Hall–Kier alpha value is -1.68. The average molecular weight is 330 g/mol. The smallest absolute Gasteiger partial charge is 0.220 e. The number of hydrogen-bond acceptors (Lipinski definition) is 3. The quantitative estimate of drug-likeness (QED) is 0.814. The third kappa shape index (κ3) is 5.45. The summed E-state index contributed by atoms with van der Waals surface area (Å²) in [6, 6.07) is 7.65. The summed E-state index contributed by atoms with van der Waals surface area (Å²) in [5, 5.41) is 6.72. The Labute approximate surface area is 145 Å². The summed E-state index contributed by atoms with van der Waals surface area (Å²) in [5.41, 5.74) is 1.80. The number of Topliss-reactive ketones (excluding diaryl/α,β-unsaturated/α-hetero) is 1. The molecule has 0 aromatic heterocycles. The van der Waals surface area contributed by atoms with Gasteiger partial charge in [0.05, 0.1) is 0 Å². The second-order valence-electron chi connectivity index (χ2n) is 8.35. The molecule has 0 bridgehead atoms. The molecule has 1 saturated heterocycles. The summed E-state index contributed by atoms with van der Waals surface area (Å²) in [7, 11) is 0. The van der Waals surface area contributed by atoms with Gasteiger partial charge in [0.25, 0.3) is 0 Å². The standard InChI is InChI=1S/C20H30N2O2/c1-14-6-8-15(9-7-14)17(23)10-11-18(24)21-16-12-19(2,3)22-20(4,5)13-16/h6-9,16,22H,10-13H2,1-5H3,(H,21,24). The third-order valence-corrected chi connectivity index (χ3v) is 4.51. The molecule has 1 amide bonds. The fourth-order valence-corrected chi connectivity index (χ4v) is 3.84. The summed E-state index contributed by atoms with van der Waals surface area (Å²) in [5.74, 6) is -0.00918. The number of hydrogen-bond donors (Lipinski definition) is 2. The molecule has 1 aromatic rings. The highest BCUT2D eigenvalue weighted by molar-refractivity contribution is 5.97. The summed E-state index contributed by atoms with van der Waals surface area (Å²) in [4.78, 5) is 24.4. The highest BCUT2D eigenvalue weighted by atomic mass is 16.2. The number of carbonyl (C=O) groups excluding carboxylic acids is 2. The summed E-state index contributed by atoms with van der Waals surface area (Å²) in [6.07, 6.45) is 2.30. The van der Waals surface area contributed by atoms with E-state index in [1.807, 2.05) is 31.2 Å². The van der Waals surface area contributed by atoms with Gasteiger partial charge in [0, 0.05) is 35.5 Å². The van der Waals surface area contributed by atoms with Crippen LogP contribution < -0.4 is 10.6 Å². The van der Waals surface area contributed by atoms with Crippen LogP contribution in [0.3, 0.4) is 0 Å². The van der Waals surface area contributed by atoms with Crippen molar-refractivity contribution in [3.63, 3.8) is 0 Å². The molecule has 1 aromatic carbocycles. The minimum absolute atomic E-state index is 0.00256. The Balaban J connectivity index is 1.85. The van der Waals surface area contributed by atoms with Gasteiger partial charge in [0.15, 0.2) is 5.78 Å². The van der Waals surface area contributed by atoms with Crippen LogP contribution in [0.4, 0.5) is 0 Å². The number of ketones is 1. The van der Waals surface area contributed by atoms with Gasteiger partial charge in [0.2, 0.25) is 5.91 Å². The second-order valence-corrected chi connectivity index (χ2v) is 8.35. The molecule has 132 valence electrons. The molecule has 0 atom stereocenters. The normalized spacial score (nSPS) is 19.7. The van der Waals surface area contributed by atoms with E-state index < -0.39 is 0 Å².